The number of hydrogen-bond acceptors (Lipinski definition) is 3. The molecule has 1 aliphatic rings. The number of nitrogens with zero attached hydrogens (tertiary/aromatic N) is 1. The highest BCUT2D eigenvalue weighted by molar-refractivity contribution is 5.98. The second-order valence-corrected chi connectivity index (χ2v) is 5.54. The topological polar surface area (TPSA) is 73.5 Å². The van der Waals surface area contributed by atoms with E-state index in [4.69, 9.17) is 0 Å². The van der Waals surface area contributed by atoms with E-state index >= 15 is 0 Å². The molecule has 3 N–H and O–H groups in total. The zero-order valence-electron chi connectivity index (χ0n) is 12.7. The van der Waals surface area contributed by atoms with Crippen LogP contribution in [0, 0.1) is 0 Å². The number of benzene rings is 1. The summed E-state index contributed by atoms with van der Waals surface area (Å²) in [5, 5.41) is 8.76. The highest BCUT2D eigenvalue weighted by Gasteiger charge is 2.26. The maximum Gasteiger partial charge on any atom is 0.321 e. The third-order valence-corrected chi connectivity index (χ3v) is 3.48. The molecular formula is C15H22N4O2. The number of carbonyl (C=O) groups is 2. The molecular weight excluding hydrogens is 268 g/mol. The highest BCUT2D eigenvalue weighted by atomic mass is 16.2. The van der Waals surface area contributed by atoms with Gasteiger partial charge < -0.3 is 16.0 Å². The Balaban J connectivity index is 2.02. The van der Waals surface area contributed by atoms with E-state index in [0.29, 0.717) is 18.8 Å². The van der Waals surface area contributed by atoms with Crippen LogP contribution >= 0.6 is 0 Å². The molecule has 6 nitrogen and oxygen atoms in total. The van der Waals surface area contributed by atoms with Gasteiger partial charge >= 0.3 is 6.03 Å². The van der Waals surface area contributed by atoms with Crippen LogP contribution in [-0.2, 0) is 4.79 Å². The zero-order chi connectivity index (χ0) is 15.5. The van der Waals surface area contributed by atoms with E-state index in [2.05, 4.69) is 16.0 Å². The number of nitrogens with one attached hydrogen (secondary N) is 3. The van der Waals surface area contributed by atoms with Crippen molar-refractivity contribution in [1.29, 1.82) is 0 Å². The molecule has 1 aromatic rings. The molecule has 1 fully saturated rings. The van der Waals surface area contributed by atoms with E-state index in [-0.39, 0.29) is 11.9 Å². The Kier molecular flexibility index (Phi) is 4.47. The minimum atomic E-state index is -0.623. The summed E-state index contributed by atoms with van der Waals surface area (Å²) in [4.78, 5) is 25.4. The van der Waals surface area contributed by atoms with Gasteiger partial charge in [-0.05, 0) is 44.7 Å². The average Bonchev–Trinajstić information content (AvgIpc) is 2.86. The molecule has 1 saturated heterocycles. The van der Waals surface area contributed by atoms with Crippen LogP contribution in [0.2, 0.25) is 0 Å². The minimum Gasteiger partial charge on any atom is -0.336 e. The highest BCUT2D eigenvalue weighted by Crippen LogP contribution is 2.20. The average molecular weight is 290 g/mol. The summed E-state index contributed by atoms with van der Waals surface area (Å²) in [6.45, 7) is 7.70. The van der Waals surface area contributed by atoms with Crippen LogP contribution in [-0.4, -0.2) is 37.1 Å². The number of amides is 3. The van der Waals surface area contributed by atoms with Crippen molar-refractivity contribution in [2.45, 2.75) is 26.3 Å². The van der Waals surface area contributed by atoms with Gasteiger partial charge in [0.2, 0.25) is 5.91 Å². The fourth-order valence-electron chi connectivity index (χ4n) is 2.25. The number of carbonyl (C=O) groups excluding carboxylic acids is 2. The lowest BCUT2D eigenvalue weighted by Gasteiger charge is -2.24. The molecule has 6 heteroatoms. The fraction of sp³-hybridized carbons (Fsp3) is 0.467. The third-order valence-electron chi connectivity index (χ3n) is 3.48. The molecule has 0 radical (unpaired) electrons. The molecule has 1 aromatic carbocycles. The summed E-state index contributed by atoms with van der Waals surface area (Å²) in [5.74, 6) is -0.0870. The Labute approximate surface area is 124 Å². The lowest BCUT2D eigenvalue weighted by atomic mass is 10.0. The Hall–Kier alpha value is -2.08. The molecule has 0 atom stereocenters. The van der Waals surface area contributed by atoms with Gasteiger partial charge in [-0.1, -0.05) is 6.92 Å². The Morgan fingerprint density at radius 1 is 1.33 bits per heavy atom. The van der Waals surface area contributed by atoms with Crippen LogP contribution in [0.25, 0.3) is 0 Å². The van der Waals surface area contributed by atoms with Gasteiger partial charge in [0, 0.05) is 24.5 Å². The van der Waals surface area contributed by atoms with Crippen LogP contribution < -0.4 is 20.9 Å². The number of anilines is 2. The first-order valence-electron chi connectivity index (χ1n) is 7.16. The van der Waals surface area contributed by atoms with Crippen molar-refractivity contribution in [3.8, 4) is 0 Å². The van der Waals surface area contributed by atoms with Crippen LogP contribution in [0.5, 0.6) is 0 Å². The molecule has 3 amide bonds. The molecule has 2 rings (SSSR count). The molecule has 0 saturated carbocycles. The van der Waals surface area contributed by atoms with Gasteiger partial charge in [-0.25, -0.2) is 4.79 Å². The van der Waals surface area contributed by atoms with Crippen LogP contribution in [0.3, 0.4) is 0 Å². The first kappa shape index (κ1) is 15.3. The smallest absolute Gasteiger partial charge is 0.321 e. The fourth-order valence-corrected chi connectivity index (χ4v) is 2.25. The summed E-state index contributed by atoms with van der Waals surface area (Å²) in [6, 6.07) is 7.20. The zero-order valence-corrected chi connectivity index (χ0v) is 12.7. The van der Waals surface area contributed by atoms with E-state index in [0.717, 1.165) is 12.2 Å². The van der Waals surface area contributed by atoms with Gasteiger partial charge in [-0.15, -0.1) is 0 Å². The lowest BCUT2D eigenvalue weighted by molar-refractivity contribution is -0.121. The molecule has 21 heavy (non-hydrogen) atoms. The third kappa shape index (κ3) is 3.52. The van der Waals surface area contributed by atoms with E-state index in [1.165, 1.54) is 0 Å². The number of likely N-dealkylation sites (N-methyl/N-ethyl adjacent to an activating group) is 1. The van der Waals surface area contributed by atoms with E-state index in [1.807, 2.05) is 32.9 Å². The van der Waals surface area contributed by atoms with E-state index < -0.39 is 5.54 Å². The van der Waals surface area contributed by atoms with Gasteiger partial charge in [-0.2, -0.15) is 0 Å². The number of urea groups is 1. The van der Waals surface area contributed by atoms with Gasteiger partial charge in [0.25, 0.3) is 0 Å². The molecule has 1 heterocycles. The largest absolute Gasteiger partial charge is 0.336 e. The number of rotatable bonds is 5. The molecule has 0 bridgehead atoms. The SMILES string of the molecule is CCNC(C)(C)C(=O)Nc1ccc(N2CCNC2=O)cc1. The predicted molar refractivity (Wildman–Crippen MR) is 83.6 cm³/mol. The molecule has 0 aromatic heterocycles. The Bertz CT molecular complexity index is 525. The maximum atomic E-state index is 12.2. The van der Waals surface area contributed by atoms with Crippen LogP contribution in [0.1, 0.15) is 20.8 Å². The standard InChI is InChI=1S/C15H22N4O2/c1-4-17-15(2,3)13(20)18-11-5-7-12(8-6-11)19-10-9-16-14(19)21/h5-8,17H,4,9-10H2,1-3H3,(H,16,21)(H,18,20). The van der Waals surface area contributed by atoms with Crippen molar-refractivity contribution in [3.63, 3.8) is 0 Å². The van der Waals surface area contributed by atoms with Gasteiger partial charge in [0.05, 0.1) is 5.54 Å². The van der Waals surface area contributed by atoms with Crippen molar-refractivity contribution < 1.29 is 9.59 Å². The van der Waals surface area contributed by atoms with Gasteiger partial charge in [0.1, 0.15) is 0 Å². The van der Waals surface area contributed by atoms with Crippen molar-refractivity contribution in [2.24, 2.45) is 0 Å². The van der Waals surface area contributed by atoms with Gasteiger partial charge in [0.15, 0.2) is 0 Å². The normalized spacial score (nSPS) is 15.0. The van der Waals surface area contributed by atoms with Crippen molar-refractivity contribution in [3.05, 3.63) is 24.3 Å². The van der Waals surface area contributed by atoms with Crippen molar-refractivity contribution in [2.75, 3.05) is 29.9 Å². The summed E-state index contributed by atoms with van der Waals surface area (Å²) >= 11 is 0. The maximum absolute atomic E-state index is 12.2. The summed E-state index contributed by atoms with van der Waals surface area (Å²) in [6.07, 6.45) is 0. The van der Waals surface area contributed by atoms with Gasteiger partial charge in [-0.3, -0.25) is 9.69 Å². The summed E-state index contributed by atoms with van der Waals surface area (Å²) in [7, 11) is 0. The predicted octanol–water partition coefficient (Wildman–Crippen LogP) is 1.54. The molecule has 114 valence electrons. The summed E-state index contributed by atoms with van der Waals surface area (Å²) in [5.41, 5.74) is 0.922. The quantitative estimate of drug-likeness (QED) is 0.770. The Morgan fingerprint density at radius 2 is 2.00 bits per heavy atom. The first-order chi connectivity index (χ1) is 9.94. The minimum absolute atomic E-state index is 0.0833. The van der Waals surface area contributed by atoms with Crippen molar-refractivity contribution >= 4 is 23.3 Å². The lowest BCUT2D eigenvalue weighted by Crippen LogP contribution is -2.49. The summed E-state index contributed by atoms with van der Waals surface area (Å²) < 4.78 is 0. The van der Waals surface area contributed by atoms with Crippen molar-refractivity contribution in [1.82, 2.24) is 10.6 Å². The monoisotopic (exact) mass is 290 g/mol. The molecule has 0 spiro atoms. The Morgan fingerprint density at radius 3 is 2.52 bits per heavy atom. The van der Waals surface area contributed by atoms with E-state index in [1.54, 1.807) is 17.0 Å². The molecule has 0 unspecified atom stereocenters. The molecule has 1 aliphatic heterocycles. The second kappa shape index (κ2) is 6.13. The second-order valence-electron chi connectivity index (χ2n) is 5.54. The molecule has 0 aliphatic carbocycles. The van der Waals surface area contributed by atoms with Crippen LogP contribution in [0.15, 0.2) is 24.3 Å². The number of hydrogen-bond donors (Lipinski definition) is 3. The van der Waals surface area contributed by atoms with E-state index in [9.17, 15) is 9.59 Å². The first-order valence-corrected chi connectivity index (χ1v) is 7.16. The van der Waals surface area contributed by atoms with Crippen LogP contribution in [0.4, 0.5) is 16.2 Å².